The Morgan fingerprint density at radius 1 is 1.25 bits per heavy atom. The van der Waals surface area contributed by atoms with Crippen LogP contribution < -0.4 is 11.3 Å². The third-order valence-electron chi connectivity index (χ3n) is 3.38. The first-order valence-corrected chi connectivity index (χ1v) is 7.14. The van der Waals surface area contributed by atoms with E-state index in [0.29, 0.717) is 5.82 Å². The highest BCUT2D eigenvalue weighted by Crippen LogP contribution is 2.39. The van der Waals surface area contributed by atoms with E-state index in [1.165, 1.54) is 21.8 Å². The fourth-order valence-electron chi connectivity index (χ4n) is 2.51. The van der Waals surface area contributed by atoms with E-state index in [1.54, 1.807) is 0 Å². The number of alkyl halides is 3. The highest BCUT2D eigenvalue weighted by molar-refractivity contribution is 7.19. The van der Waals surface area contributed by atoms with E-state index in [4.69, 9.17) is 5.84 Å². The summed E-state index contributed by atoms with van der Waals surface area (Å²) in [4.78, 5) is 10.4. The molecule has 0 amide bonds. The number of hydrogen-bond acceptors (Lipinski definition) is 5. The second-order valence-corrected chi connectivity index (χ2v) is 5.87. The van der Waals surface area contributed by atoms with Crippen molar-refractivity contribution >= 4 is 27.4 Å². The van der Waals surface area contributed by atoms with Crippen molar-refractivity contribution in [1.82, 2.24) is 9.97 Å². The Bertz CT molecular complexity index is 650. The van der Waals surface area contributed by atoms with Crippen molar-refractivity contribution in [2.75, 3.05) is 5.43 Å². The van der Waals surface area contributed by atoms with Crippen molar-refractivity contribution in [3.63, 3.8) is 0 Å². The number of hydrazine groups is 1. The predicted molar refractivity (Wildman–Crippen MR) is 71.6 cm³/mol. The van der Waals surface area contributed by atoms with Crippen molar-refractivity contribution in [1.29, 1.82) is 0 Å². The Labute approximate surface area is 117 Å². The summed E-state index contributed by atoms with van der Waals surface area (Å²) >= 11 is 1.54. The van der Waals surface area contributed by atoms with Gasteiger partial charge in [0.25, 0.3) is 0 Å². The van der Waals surface area contributed by atoms with Gasteiger partial charge in [0, 0.05) is 11.3 Å². The summed E-state index contributed by atoms with van der Waals surface area (Å²) in [5, 5.41) is 0.876. The molecule has 0 atom stereocenters. The molecular formula is C12H13F3N4S. The highest BCUT2D eigenvalue weighted by Gasteiger charge is 2.28. The topological polar surface area (TPSA) is 63.8 Å². The molecule has 8 heteroatoms. The molecule has 0 spiro atoms. The number of halogens is 3. The molecule has 0 radical (unpaired) electrons. The van der Waals surface area contributed by atoms with E-state index >= 15 is 0 Å². The molecule has 0 saturated heterocycles. The maximum atomic E-state index is 12.3. The Balaban J connectivity index is 2.00. The van der Waals surface area contributed by atoms with Crippen molar-refractivity contribution in [2.45, 2.75) is 38.3 Å². The number of thiophene rings is 1. The van der Waals surface area contributed by atoms with Gasteiger partial charge in [-0.05, 0) is 24.8 Å². The second-order valence-electron chi connectivity index (χ2n) is 4.79. The molecule has 0 saturated carbocycles. The van der Waals surface area contributed by atoms with Crippen LogP contribution in [0.25, 0.3) is 10.2 Å². The smallest absolute Gasteiger partial charge is 0.308 e. The fourth-order valence-corrected chi connectivity index (χ4v) is 3.79. The van der Waals surface area contributed by atoms with Crippen LogP contribution >= 0.6 is 11.3 Å². The molecule has 1 aliphatic rings. The minimum Gasteiger partial charge on any atom is -0.308 e. The Morgan fingerprint density at radius 2 is 2.05 bits per heavy atom. The average molecular weight is 302 g/mol. The molecule has 0 bridgehead atoms. The number of nitrogens with two attached hydrogens (primary N) is 1. The van der Waals surface area contributed by atoms with E-state index in [9.17, 15) is 13.2 Å². The zero-order valence-corrected chi connectivity index (χ0v) is 11.4. The van der Waals surface area contributed by atoms with Crippen LogP contribution in [0, 0.1) is 0 Å². The number of fused-ring (bicyclic) bond motifs is 3. The molecule has 2 heterocycles. The lowest BCUT2D eigenvalue weighted by Crippen LogP contribution is -2.13. The number of aryl methyl sites for hydroxylation is 3. The van der Waals surface area contributed by atoms with Gasteiger partial charge in [-0.3, -0.25) is 0 Å². The minimum atomic E-state index is -4.20. The van der Waals surface area contributed by atoms with Crippen LogP contribution in [0.4, 0.5) is 19.0 Å². The van der Waals surface area contributed by atoms with Gasteiger partial charge in [0.05, 0.1) is 11.8 Å². The second kappa shape index (κ2) is 4.85. The largest absolute Gasteiger partial charge is 0.389 e. The van der Waals surface area contributed by atoms with E-state index in [0.717, 1.165) is 29.5 Å². The number of hydrogen-bond donors (Lipinski definition) is 2. The van der Waals surface area contributed by atoms with Gasteiger partial charge in [-0.1, -0.05) is 0 Å². The normalized spacial score (nSPS) is 14.8. The van der Waals surface area contributed by atoms with E-state index in [1.807, 2.05) is 0 Å². The van der Waals surface area contributed by atoms with E-state index < -0.39 is 12.6 Å². The molecule has 0 aliphatic heterocycles. The molecule has 108 valence electrons. The standard InChI is InChI=1S/C12H13F3N4S/c13-12(14,15)5-4-8-17-10(19-16)9-6-2-1-3-7(6)20-11(9)18-8/h1-5,16H2,(H,17,18,19). The average Bonchev–Trinajstić information content (AvgIpc) is 2.94. The van der Waals surface area contributed by atoms with Gasteiger partial charge in [-0.25, -0.2) is 15.8 Å². The Hall–Kier alpha value is -1.41. The zero-order valence-electron chi connectivity index (χ0n) is 10.5. The lowest BCUT2D eigenvalue weighted by atomic mass is 10.2. The zero-order chi connectivity index (χ0) is 14.3. The molecule has 3 rings (SSSR count). The molecule has 2 aromatic heterocycles. The van der Waals surface area contributed by atoms with Crippen LogP contribution in [0.2, 0.25) is 0 Å². The van der Waals surface area contributed by atoms with Crippen LogP contribution in [0.3, 0.4) is 0 Å². The first-order chi connectivity index (χ1) is 9.48. The van der Waals surface area contributed by atoms with Crippen LogP contribution in [-0.2, 0) is 19.3 Å². The summed E-state index contributed by atoms with van der Waals surface area (Å²) in [5.41, 5.74) is 3.69. The maximum Gasteiger partial charge on any atom is 0.389 e. The Kier molecular flexibility index (Phi) is 3.29. The number of anilines is 1. The first kappa shape index (κ1) is 13.6. The summed E-state index contributed by atoms with van der Waals surface area (Å²) in [6, 6.07) is 0. The lowest BCUT2D eigenvalue weighted by Gasteiger charge is -2.08. The van der Waals surface area contributed by atoms with Gasteiger partial charge in [-0.2, -0.15) is 13.2 Å². The molecule has 0 fully saturated rings. The predicted octanol–water partition coefficient (Wildman–Crippen LogP) is 2.96. The molecule has 3 N–H and O–H groups in total. The van der Waals surface area contributed by atoms with Gasteiger partial charge in [0.15, 0.2) is 5.82 Å². The fraction of sp³-hybridized carbons (Fsp3) is 0.500. The SMILES string of the molecule is NNc1nc(CCC(F)(F)F)nc2sc3c(c12)CCC3. The number of nitrogens with one attached hydrogen (secondary N) is 1. The van der Waals surface area contributed by atoms with Crippen LogP contribution in [0.1, 0.15) is 29.1 Å². The number of rotatable bonds is 3. The molecule has 0 unspecified atom stereocenters. The monoisotopic (exact) mass is 302 g/mol. The van der Waals surface area contributed by atoms with Crippen molar-refractivity contribution < 1.29 is 13.2 Å². The molecule has 20 heavy (non-hydrogen) atoms. The maximum absolute atomic E-state index is 12.3. The van der Waals surface area contributed by atoms with Gasteiger partial charge >= 0.3 is 6.18 Å². The van der Waals surface area contributed by atoms with Crippen LogP contribution in [0.15, 0.2) is 0 Å². The van der Waals surface area contributed by atoms with Crippen molar-refractivity contribution in [3.8, 4) is 0 Å². The third kappa shape index (κ3) is 2.45. The summed E-state index contributed by atoms with van der Waals surface area (Å²) in [6.45, 7) is 0. The number of nitrogen functional groups attached to an aromatic ring is 1. The molecule has 2 aromatic rings. The lowest BCUT2D eigenvalue weighted by molar-refractivity contribution is -0.134. The summed E-state index contributed by atoms with van der Waals surface area (Å²) in [7, 11) is 0. The quantitative estimate of drug-likeness (QED) is 0.676. The molecule has 4 nitrogen and oxygen atoms in total. The first-order valence-electron chi connectivity index (χ1n) is 6.32. The summed E-state index contributed by atoms with van der Waals surface area (Å²) in [6.07, 6.45) is -2.30. The molecule has 1 aliphatic carbocycles. The number of aromatic nitrogens is 2. The van der Waals surface area contributed by atoms with Crippen molar-refractivity contribution in [3.05, 3.63) is 16.3 Å². The molecule has 0 aromatic carbocycles. The van der Waals surface area contributed by atoms with Crippen LogP contribution in [-0.4, -0.2) is 16.1 Å². The van der Waals surface area contributed by atoms with Gasteiger partial charge < -0.3 is 5.43 Å². The van der Waals surface area contributed by atoms with Gasteiger partial charge in [-0.15, -0.1) is 11.3 Å². The van der Waals surface area contributed by atoms with E-state index in [-0.39, 0.29) is 12.2 Å². The van der Waals surface area contributed by atoms with Gasteiger partial charge in [0.1, 0.15) is 10.7 Å². The third-order valence-corrected chi connectivity index (χ3v) is 4.57. The minimum absolute atomic E-state index is 0.183. The summed E-state index contributed by atoms with van der Waals surface area (Å²) in [5.74, 6) is 6.08. The van der Waals surface area contributed by atoms with Crippen LogP contribution in [0.5, 0.6) is 0 Å². The number of nitrogens with zero attached hydrogens (tertiary/aromatic N) is 2. The highest BCUT2D eigenvalue weighted by atomic mass is 32.1. The van der Waals surface area contributed by atoms with Gasteiger partial charge in [0.2, 0.25) is 0 Å². The molecular weight excluding hydrogens is 289 g/mol. The van der Waals surface area contributed by atoms with Crippen molar-refractivity contribution in [2.24, 2.45) is 5.84 Å². The summed E-state index contributed by atoms with van der Waals surface area (Å²) < 4.78 is 36.8. The Morgan fingerprint density at radius 3 is 2.75 bits per heavy atom. The van der Waals surface area contributed by atoms with E-state index in [2.05, 4.69) is 15.4 Å².